The summed E-state index contributed by atoms with van der Waals surface area (Å²) in [5.41, 5.74) is 4.00. The third kappa shape index (κ3) is 8.75. The normalized spacial score (nSPS) is 13.6. The first-order valence-electron chi connectivity index (χ1n) is 20.1. The number of carbonyl (C=O) groups excluding carboxylic acids is 1. The average molecular weight is 1010 g/mol. The van der Waals surface area contributed by atoms with Crippen molar-refractivity contribution in [3.05, 3.63) is 112 Å². The molecular weight excluding hydrogens is 976 g/mol. The van der Waals surface area contributed by atoms with Gasteiger partial charge in [-0.3, -0.25) is 18.9 Å². The van der Waals surface area contributed by atoms with E-state index in [1.165, 1.54) is 18.2 Å². The summed E-state index contributed by atoms with van der Waals surface area (Å²) in [4.78, 5) is 55.4. The molecule has 67 heavy (non-hydrogen) atoms. The number of aromatic nitrogens is 9. The second-order valence-electron chi connectivity index (χ2n) is 15.6. The maximum atomic E-state index is 14.1. The van der Waals surface area contributed by atoms with Crippen molar-refractivity contribution in [1.82, 2.24) is 50.2 Å². The molecule has 2 aliphatic heterocycles. The Bertz CT molecular complexity index is 3670. The van der Waals surface area contributed by atoms with E-state index in [0.29, 0.717) is 35.2 Å². The predicted molar refractivity (Wildman–Crippen MR) is 241 cm³/mol. The number of pyridine rings is 1. The molecule has 10 rings (SSSR count). The first-order chi connectivity index (χ1) is 31.4. The first-order valence-corrected chi connectivity index (χ1v) is 24.5. The topological polar surface area (TPSA) is 317 Å². The second kappa shape index (κ2) is 17.1. The molecular formula is C43H34CuN10O10S3. The van der Waals surface area contributed by atoms with Crippen molar-refractivity contribution in [1.29, 1.82) is 0 Å². The van der Waals surface area contributed by atoms with Crippen LogP contribution >= 0.6 is 10.9 Å². The fourth-order valence-electron chi connectivity index (χ4n) is 8.00. The maximum Gasteiger partial charge on any atom is 2.00 e. The Morgan fingerprint density at radius 1 is 0.672 bits per heavy atom. The molecule has 3 aromatic carbocycles. The van der Waals surface area contributed by atoms with Gasteiger partial charge in [-0.2, -0.15) is 16.8 Å². The fourth-order valence-corrected chi connectivity index (χ4v) is 9.66. The van der Waals surface area contributed by atoms with Crippen LogP contribution in [0.5, 0.6) is 0 Å². The van der Waals surface area contributed by atoms with E-state index in [-0.39, 0.29) is 108 Å². The molecule has 7 aromatic rings. The molecule has 1 radical (unpaired) electrons. The van der Waals surface area contributed by atoms with Crippen LogP contribution in [0.3, 0.4) is 0 Å². The van der Waals surface area contributed by atoms with E-state index in [1.54, 1.807) is 18.2 Å². The van der Waals surface area contributed by atoms with Crippen LogP contribution in [0.15, 0.2) is 93.7 Å². The average Bonchev–Trinajstić information content (AvgIpc) is 4.01. The summed E-state index contributed by atoms with van der Waals surface area (Å²) in [6.45, 7) is 2.31. The minimum atomic E-state index is -4.75. The molecule has 6 heterocycles. The van der Waals surface area contributed by atoms with E-state index >= 15 is 0 Å². The number of nitrogens with zero attached hydrogens (tertiary/aromatic N) is 9. The van der Waals surface area contributed by atoms with Crippen LogP contribution in [0.2, 0.25) is 0 Å². The van der Waals surface area contributed by atoms with Crippen molar-refractivity contribution in [2.45, 2.75) is 48.8 Å². The Morgan fingerprint density at radius 2 is 1.31 bits per heavy atom. The van der Waals surface area contributed by atoms with Crippen molar-refractivity contribution in [2.75, 3.05) is 6.54 Å². The first kappa shape index (κ1) is 45.8. The van der Waals surface area contributed by atoms with Gasteiger partial charge in [0.15, 0.2) is 0 Å². The molecule has 0 unspecified atom stereocenters. The molecule has 0 fully saturated rings. The largest absolute Gasteiger partial charge is 2.00 e. The summed E-state index contributed by atoms with van der Waals surface area (Å²) < 4.78 is 100. The smallest absolute Gasteiger partial charge is 0.358 e. The molecule has 20 nitrogen and oxygen atoms in total. The van der Waals surface area contributed by atoms with Crippen LogP contribution in [0, 0.1) is 6.92 Å². The van der Waals surface area contributed by atoms with E-state index in [9.17, 15) is 44.4 Å². The summed E-state index contributed by atoms with van der Waals surface area (Å²) in [7, 11) is -13.7. The Labute approximate surface area is 392 Å². The SMILES string of the molecule is Cc1ccc(CCCCNC(=O)c2cccc3c2-c2nc-3nc3[n-]c(nc4nc(nc5[n-]c(n2)c2ccc(S(=O)(=O)O)cc52)-c2cc(S(=O)(=O)O)ccc2-4)c2c3CC=C(S(O)(O)O)C2)nc1.[Cu+2]. The van der Waals surface area contributed by atoms with Crippen molar-refractivity contribution < 1.29 is 61.5 Å². The summed E-state index contributed by atoms with van der Waals surface area (Å²) in [6, 6.07) is 16.2. The number of carbonyl (C=O) groups is 1. The zero-order valence-corrected chi connectivity index (χ0v) is 38.0. The van der Waals surface area contributed by atoms with Gasteiger partial charge in [-0.1, -0.05) is 36.4 Å². The molecule has 1 amide bonds. The number of nitrogens with one attached hydrogen (secondary N) is 1. The maximum absolute atomic E-state index is 14.1. The van der Waals surface area contributed by atoms with Crippen molar-refractivity contribution in [3.8, 4) is 45.6 Å². The molecule has 24 heteroatoms. The number of unbranched alkanes of at least 4 members (excludes halogenated alkanes) is 1. The van der Waals surface area contributed by atoms with Crippen molar-refractivity contribution >= 4 is 70.4 Å². The number of hydrogen-bond acceptors (Lipinski definition) is 15. The molecule has 0 spiro atoms. The van der Waals surface area contributed by atoms with Gasteiger partial charge in [0.25, 0.3) is 26.1 Å². The third-order valence-corrected chi connectivity index (χ3v) is 14.0. The van der Waals surface area contributed by atoms with Crippen LogP contribution < -0.4 is 15.3 Å². The molecule has 8 bridgehead atoms. The molecule has 0 saturated heterocycles. The predicted octanol–water partition coefficient (Wildman–Crippen LogP) is 6.13. The van der Waals surface area contributed by atoms with E-state index in [1.807, 2.05) is 25.3 Å². The number of aryl methyl sites for hydroxylation is 2. The van der Waals surface area contributed by atoms with Gasteiger partial charge in [-0.25, -0.2) is 9.97 Å². The van der Waals surface area contributed by atoms with Crippen molar-refractivity contribution in [2.24, 2.45) is 0 Å². The number of allylic oxidation sites excluding steroid dienone is 2. The van der Waals surface area contributed by atoms with E-state index in [0.717, 1.165) is 48.4 Å². The minimum absolute atomic E-state index is 0. The second-order valence-corrected chi connectivity index (χ2v) is 20.0. The number of amides is 1. The monoisotopic (exact) mass is 1010 g/mol. The number of hydrogen-bond donors (Lipinski definition) is 6. The zero-order valence-electron chi connectivity index (χ0n) is 34.6. The van der Waals surface area contributed by atoms with Crippen LogP contribution in [-0.4, -0.2) is 86.9 Å². The van der Waals surface area contributed by atoms with Gasteiger partial charge in [-0.15, -0.1) is 0 Å². The summed E-state index contributed by atoms with van der Waals surface area (Å²) in [6.07, 6.45) is 5.25. The van der Waals surface area contributed by atoms with E-state index in [4.69, 9.17) is 24.9 Å². The molecule has 0 saturated carbocycles. The fraction of sp³-hybridized carbons (Fsp3) is 0.163. The Hall–Kier alpha value is -6.31. The van der Waals surface area contributed by atoms with E-state index in [2.05, 4.69) is 25.3 Å². The summed E-state index contributed by atoms with van der Waals surface area (Å²) in [5, 5.41) is 3.31. The molecule has 0 atom stereocenters. The van der Waals surface area contributed by atoms with Gasteiger partial charge in [0, 0.05) is 80.2 Å². The minimum Gasteiger partial charge on any atom is -0.358 e. The van der Waals surface area contributed by atoms with Crippen LogP contribution in [-0.2, 0) is 56.6 Å². The van der Waals surface area contributed by atoms with Gasteiger partial charge in [0.05, 0.1) is 33.1 Å². The number of benzene rings is 3. The molecule has 4 aromatic heterocycles. The van der Waals surface area contributed by atoms with Gasteiger partial charge in [0.1, 0.15) is 10.9 Å². The Morgan fingerprint density at radius 3 is 2.04 bits per heavy atom. The van der Waals surface area contributed by atoms with Gasteiger partial charge >= 0.3 is 17.1 Å². The molecule has 1 aliphatic carbocycles. The van der Waals surface area contributed by atoms with Gasteiger partial charge in [-0.05, 0) is 96.5 Å². The summed E-state index contributed by atoms with van der Waals surface area (Å²) >= 11 is 0. The molecule has 3 aliphatic rings. The number of fused-ring (bicyclic) bond motifs is 20. The van der Waals surface area contributed by atoms with Crippen LogP contribution in [0.4, 0.5) is 0 Å². The summed E-state index contributed by atoms with van der Waals surface area (Å²) in [5.74, 6) is -0.555. The Kier molecular flexibility index (Phi) is 11.7. The third-order valence-electron chi connectivity index (χ3n) is 11.3. The van der Waals surface area contributed by atoms with E-state index < -0.39 is 46.8 Å². The van der Waals surface area contributed by atoms with Gasteiger partial charge < -0.3 is 48.9 Å². The quantitative estimate of drug-likeness (QED) is 0.0538. The zero-order chi connectivity index (χ0) is 46.3. The van der Waals surface area contributed by atoms with Crippen LogP contribution in [0.1, 0.15) is 45.6 Å². The molecule has 6 N–H and O–H groups in total. The number of rotatable bonds is 9. The van der Waals surface area contributed by atoms with Gasteiger partial charge in [0.2, 0.25) is 0 Å². The molecule has 345 valence electrons. The Balaban J connectivity index is 0.00000562. The standard InChI is InChI=1S/C43H35N10O10S3.Cu/c1-21-8-9-22(45-20-21)5-2-3-16-44-43(54)30-7-4-6-29-34(30)42-52-37-28-15-12-25(66(61,62)63)19-33(28)41(50-37)51-40-32-18-24(65(58,59)60)11-14-27(32)36(49-40)48-39-31-17-23(64(55,56)57)10-13-26(31)35(47-39)46-38(29)53-42;/h4,6-12,14-15,18-20H,2-3,5,13,16-17H2,1H3,(H7-,44,46,47,48,49,50,51,52,53,54,55,56,57,58,59,60,61,62,63);/q-1;+2/p-1. The van der Waals surface area contributed by atoms with Crippen molar-refractivity contribution in [3.63, 3.8) is 0 Å². The van der Waals surface area contributed by atoms with Crippen LogP contribution in [0.25, 0.3) is 78.9 Å².